The molecule has 3 aliphatic heterocycles. The second-order valence-corrected chi connectivity index (χ2v) is 16.1. The zero-order valence-electron chi connectivity index (χ0n) is 29.8. The van der Waals surface area contributed by atoms with E-state index >= 15 is 0 Å². The van der Waals surface area contributed by atoms with Gasteiger partial charge in [0.2, 0.25) is 0 Å². The highest BCUT2D eigenvalue weighted by atomic mass is 31.2. The van der Waals surface area contributed by atoms with Crippen LogP contribution in [0.15, 0.2) is 42.4 Å². The lowest BCUT2D eigenvalue weighted by Crippen LogP contribution is -2.43. The zero-order chi connectivity index (χ0) is 41.1. The van der Waals surface area contributed by atoms with E-state index in [2.05, 4.69) is 34.9 Å². The van der Waals surface area contributed by atoms with E-state index in [1.807, 2.05) is 0 Å². The Morgan fingerprint density at radius 1 is 0.759 bits per heavy atom. The monoisotopic (exact) mass is 853 g/mol. The first kappa shape index (κ1) is 40.2. The number of nitrogens with two attached hydrogens (primary N) is 3. The van der Waals surface area contributed by atoms with Crippen molar-refractivity contribution in [2.45, 2.75) is 87.1 Å². The number of aliphatic hydroxyl groups is 1. The molecule has 0 aliphatic carbocycles. The van der Waals surface area contributed by atoms with E-state index in [1.54, 1.807) is 4.57 Å². The molecule has 10 atom stereocenters. The SMILES string of the molecule is Nc1ccn([C@H]2C[C@H](OP(=O)(O)O)[C@@H](COC(C[C@H]3O[C@@H](n4cnc5c(N)ncnc54)C[C@@H]3OP(=O)(O)O)[C@H]3O[C@@H](n4cnc5c(N)ncnc54)C[C@@H]3O)O2)c(=O)n1. The van der Waals surface area contributed by atoms with Gasteiger partial charge in [-0.25, -0.2) is 43.8 Å². The van der Waals surface area contributed by atoms with Gasteiger partial charge < -0.3 is 60.8 Å². The Kier molecular flexibility index (Phi) is 10.8. The summed E-state index contributed by atoms with van der Waals surface area (Å²) in [7, 11) is -10.2. The summed E-state index contributed by atoms with van der Waals surface area (Å²) < 4.78 is 63.7. The molecule has 0 saturated carbocycles. The van der Waals surface area contributed by atoms with Gasteiger partial charge in [0.1, 0.15) is 72.6 Å². The quantitative estimate of drug-likeness (QED) is 0.0633. The number of imidazole rings is 2. The third-order valence-corrected chi connectivity index (χ3v) is 11.0. The van der Waals surface area contributed by atoms with E-state index in [-0.39, 0.29) is 59.8 Å². The number of hydrogen-bond acceptors (Lipinski definition) is 20. The molecular weight excluding hydrogens is 816 g/mol. The van der Waals surface area contributed by atoms with Crippen molar-refractivity contribution in [3.63, 3.8) is 0 Å². The largest absolute Gasteiger partial charge is 0.469 e. The molecule has 8 rings (SSSR count). The van der Waals surface area contributed by atoms with Crippen molar-refractivity contribution < 1.29 is 61.8 Å². The Bertz CT molecular complexity index is 2460. The number of aromatic nitrogens is 10. The smallest absolute Gasteiger partial charge is 0.390 e. The van der Waals surface area contributed by atoms with Crippen LogP contribution in [-0.2, 0) is 37.1 Å². The molecule has 11 N–H and O–H groups in total. The van der Waals surface area contributed by atoms with E-state index in [1.165, 1.54) is 42.1 Å². The highest BCUT2D eigenvalue weighted by Crippen LogP contribution is 2.47. The van der Waals surface area contributed by atoms with Crippen LogP contribution in [-0.4, -0.2) is 123 Å². The molecule has 0 amide bonds. The van der Waals surface area contributed by atoms with Crippen molar-refractivity contribution in [1.29, 1.82) is 0 Å². The maximum atomic E-state index is 12.7. The molecule has 58 heavy (non-hydrogen) atoms. The van der Waals surface area contributed by atoms with Gasteiger partial charge in [0.15, 0.2) is 22.9 Å². The van der Waals surface area contributed by atoms with Crippen LogP contribution < -0.4 is 22.9 Å². The number of anilines is 3. The summed E-state index contributed by atoms with van der Waals surface area (Å²) in [6.45, 7) is -0.472. The number of rotatable bonds is 13. The number of ether oxygens (including phenoxy) is 4. The van der Waals surface area contributed by atoms with Crippen molar-refractivity contribution in [3.05, 3.63) is 48.1 Å². The Labute approximate surface area is 324 Å². The van der Waals surface area contributed by atoms with Crippen molar-refractivity contribution >= 4 is 55.4 Å². The van der Waals surface area contributed by atoms with Crippen LogP contribution in [0, 0.1) is 0 Å². The minimum Gasteiger partial charge on any atom is -0.390 e. The number of hydrogen-bond donors (Lipinski definition) is 8. The highest BCUT2D eigenvalue weighted by Gasteiger charge is 2.48. The summed E-state index contributed by atoms with van der Waals surface area (Å²) >= 11 is 0. The number of nitrogens with zero attached hydrogens (tertiary/aromatic N) is 10. The van der Waals surface area contributed by atoms with Crippen LogP contribution in [0.4, 0.5) is 17.5 Å². The van der Waals surface area contributed by atoms with Gasteiger partial charge in [-0.05, 0) is 6.07 Å². The molecule has 3 fully saturated rings. The normalized spacial score (nSPS) is 28.5. The molecule has 8 heterocycles. The second-order valence-electron chi connectivity index (χ2n) is 13.7. The minimum atomic E-state index is -5.12. The van der Waals surface area contributed by atoms with Gasteiger partial charge in [-0.15, -0.1) is 0 Å². The van der Waals surface area contributed by atoms with Gasteiger partial charge in [0.25, 0.3) is 0 Å². The summed E-state index contributed by atoms with van der Waals surface area (Å²) in [5.41, 5.74) is 17.9. The number of aliphatic hydroxyl groups excluding tert-OH is 1. The van der Waals surface area contributed by atoms with Gasteiger partial charge >= 0.3 is 21.3 Å². The standard InChI is InChI=1S/C29H37N13O14P2/c30-18-1-2-40(29(44)39-18)20-6-15(56-58(48,49)50)17(53-20)7-51-16(24-12(43)3-19(54-24)41-10-37-22-25(31)33-8-35-27(22)41)4-13-14(55-57(45,46)47)5-21(52-13)42-11-38-23-26(32)34-9-36-28(23)42/h1-2,8-17,19-21,24,43H,3-7H2,(H2,30,39,44)(H2,31,33,35)(H2,32,34,36)(H2,45,46,47)(H2,48,49,50)/t12-,13+,14-,15-,16?,17+,19+,20+,21+,24-/m0/s1. The van der Waals surface area contributed by atoms with Crippen LogP contribution in [0.25, 0.3) is 22.3 Å². The summed E-state index contributed by atoms with van der Waals surface area (Å²) in [5, 5.41) is 11.5. The number of nitrogen functional groups attached to an aromatic ring is 3. The van der Waals surface area contributed by atoms with Gasteiger partial charge in [0, 0.05) is 31.9 Å². The molecule has 0 bridgehead atoms. The molecule has 29 heteroatoms. The lowest BCUT2D eigenvalue weighted by Gasteiger charge is -2.31. The predicted octanol–water partition coefficient (Wildman–Crippen LogP) is -1.38. The van der Waals surface area contributed by atoms with Crippen LogP contribution in [0.5, 0.6) is 0 Å². The van der Waals surface area contributed by atoms with E-state index in [9.17, 15) is 38.6 Å². The Morgan fingerprint density at radius 3 is 1.86 bits per heavy atom. The van der Waals surface area contributed by atoms with Crippen molar-refractivity contribution in [2.75, 3.05) is 23.8 Å². The summed E-state index contributed by atoms with van der Waals surface area (Å²) in [5.74, 6) is 0.142. The molecule has 312 valence electrons. The Hall–Kier alpha value is -4.60. The minimum absolute atomic E-state index is 0.0163. The summed E-state index contributed by atoms with van der Waals surface area (Å²) in [4.78, 5) is 80.5. The van der Waals surface area contributed by atoms with E-state index in [4.69, 9.17) is 45.2 Å². The third kappa shape index (κ3) is 8.30. The second kappa shape index (κ2) is 15.5. The fourth-order valence-electron chi connectivity index (χ4n) is 7.41. The van der Waals surface area contributed by atoms with E-state index in [0.29, 0.717) is 5.65 Å². The van der Waals surface area contributed by atoms with Crippen molar-refractivity contribution in [1.82, 2.24) is 48.6 Å². The fraction of sp³-hybridized carbons (Fsp3) is 0.517. The van der Waals surface area contributed by atoms with E-state index in [0.717, 1.165) is 4.57 Å². The van der Waals surface area contributed by atoms with Crippen molar-refractivity contribution in [3.8, 4) is 0 Å². The number of fused-ring (bicyclic) bond motifs is 2. The average molecular weight is 854 g/mol. The van der Waals surface area contributed by atoms with E-state index < -0.39 is 89.4 Å². The maximum Gasteiger partial charge on any atom is 0.469 e. The Balaban J connectivity index is 1.10. The number of phosphoric acid groups is 2. The molecule has 5 aromatic rings. The molecule has 1 unspecified atom stereocenters. The molecule has 0 spiro atoms. The predicted molar refractivity (Wildman–Crippen MR) is 192 cm³/mol. The highest BCUT2D eigenvalue weighted by molar-refractivity contribution is 7.46. The summed E-state index contributed by atoms with van der Waals surface area (Å²) in [6, 6.07) is 1.34. The van der Waals surface area contributed by atoms with Gasteiger partial charge in [0.05, 0.1) is 37.6 Å². The third-order valence-electron chi connectivity index (χ3n) is 9.91. The van der Waals surface area contributed by atoms with Crippen molar-refractivity contribution in [2.24, 2.45) is 0 Å². The average Bonchev–Trinajstić information content (AvgIpc) is 3.97. The maximum absolute atomic E-state index is 12.7. The molecule has 3 aliphatic rings. The molecular formula is C29H37N13O14P2. The first-order valence-electron chi connectivity index (χ1n) is 17.5. The molecule has 0 aromatic carbocycles. The van der Waals surface area contributed by atoms with Crippen LogP contribution in [0.1, 0.15) is 44.4 Å². The molecule has 3 saturated heterocycles. The van der Waals surface area contributed by atoms with Gasteiger partial charge in [-0.3, -0.25) is 22.7 Å². The first-order valence-corrected chi connectivity index (χ1v) is 20.5. The fourth-order valence-corrected chi connectivity index (χ4v) is 8.56. The van der Waals surface area contributed by atoms with Crippen LogP contribution in [0.2, 0.25) is 0 Å². The van der Waals surface area contributed by atoms with Gasteiger partial charge in [-0.2, -0.15) is 4.98 Å². The molecule has 5 aromatic heterocycles. The summed E-state index contributed by atoms with van der Waals surface area (Å²) in [6.07, 6.45) is -5.66. The van der Waals surface area contributed by atoms with Crippen LogP contribution >= 0.6 is 15.6 Å². The number of phosphoric ester groups is 2. The molecule has 27 nitrogen and oxygen atoms in total. The lowest BCUT2D eigenvalue weighted by atomic mass is 9.99. The topological polar surface area (TPSA) is 391 Å². The Morgan fingerprint density at radius 2 is 1.29 bits per heavy atom. The van der Waals surface area contributed by atoms with Gasteiger partial charge in [-0.1, -0.05) is 0 Å². The van der Waals surface area contributed by atoms with Crippen LogP contribution in [0.3, 0.4) is 0 Å². The molecule has 0 radical (unpaired) electrons. The lowest BCUT2D eigenvalue weighted by molar-refractivity contribution is -0.150. The first-order chi connectivity index (χ1) is 27.5. The zero-order valence-corrected chi connectivity index (χ0v) is 31.6.